The van der Waals surface area contributed by atoms with E-state index in [1.807, 2.05) is 45.0 Å². The van der Waals surface area contributed by atoms with Gasteiger partial charge in [-0.15, -0.1) is 0 Å². The summed E-state index contributed by atoms with van der Waals surface area (Å²) in [7, 11) is 0. The molecule has 7 nitrogen and oxygen atoms in total. The van der Waals surface area contributed by atoms with Gasteiger partial charge in [0.2, 0.25) is 5.88 Å². The predicted molar refractivity (Wildman–Crippen MR) is 139 cm³/mol. The number of benzene rings is 1. The lowest BCUT2D eigenvalue weighted by atomic mass is 9.82. The molecule has 186 valence electrons. The Kier molecular flexibility index (Phi) is 8.45. The van der Waals surface area contributed by atoms with Gasteiger partial charge in [0, 0.05) is 5.69 Å². The maximum atomic E-state index is 13.4. The van der Waals surface area contributed by atoms with Gasteiger partial charge in [-0.1, -0.05) is 43.0 Å². The summed E-state index contributed by atoms with van der Waals surface area (Å²) < 4.78 is 11.4. The highest BCUT2D eigenvalue weighted by molar-refractivity contribution is 7.99. The standard InChI is InChI=1S/C28H30N4O3S/c1-7-19-8-10-20(11-9-19)24-22(13-30)26(31)35-23(25(24)28(33)34-15(2)3)14-36-27-21(12-29)17(5)16(4)18(6)32-27/h8-11,15,24H,7,14,31H2,1-6H3/t24-/m1/s1. The Balaban J connectivity index is 2.13. The largest absolute Gasteiger partial charge is 0.459 e. The van der Waals surface area contributed by atoms with Gasteiger partial charge in [-0.25, -0.2) is 9.78 Å². The van der Waals surface area contributed by atoms with Gasteiger partial charge in [0.25, 0.3) is 0 Å². The van der Waals surface area contributed by atoms with Gasteiger partial charge < -0.3 is 15.2 Å². The molecule has 1 aromatic carbocycles. The molecule has 0 spiro atoms. The van der Waals surface area contributed by atoms with Crippen molar-refractivity contribution >= 4 is 17.7 Å². The second kappa shape index (κ2) is 11.3. The molecule has 0 amide bonds. The van der Waals surface area contributed by atoms with E-state index in [0.29, 0.717) is 10.6 Å². The number of allylic oxidation sites excluding steroid dienone is 1. The number of rotatable bonds is 7. The molecule has 1 aliphatic heterocycles. The summed E-state index contributed by atoms with van der Waals surface area (Å²) in [6, 6.07) is 12.1. The van der Waals surface area contributed by atoms with Crippen LogP contribution in [-0.4, -0.2) is 22.8 Å². The normalized spacial score (nSPS) is 15.4. The number of nitrogens with two attached hydrogens (primary N) is 1. The summed E-state index contributed by atoms with van der Waals surface area (Å²) >= 11 is 1.28. The first-order valence-electron chi connectivity index (χ1n) is 11.7. The Labute approximate surface area is 216 Å². The first kappa shape index (κ1) is 26.8. The molecule has 0 unspecified atom stereocenters. The summed E-state index contributed by atoms with van der Waals surface area (Å²) in [6.07, 6.45) is 0.492. The Bertz CT molecular complexity index is 1330. The van der Waals surface area contributed by atoms with Crippen LogP contribution < -0.4 is 5.73 Å². The van der Waals surface area contributed by atoms with Crippen LogP contribution in [0.3, 0.4) is 0 Å². The summed E-state index contributed by atoms with van der Waals surface area (Å²) in [6.45, 7) is 11.3. The summed E-state index contributed by atoms with van der Waals surface area (Å²) in [4.78, 5) is 18.0. The Morgan fingerprint density at radius 1 is 1.17 bits per heavy atom. The Hall–Kier alpha value is -3.75. The number of hydrogen-bond donors (Lipinski definition) is 1. The zero-order valence-corrected chi connectivity index (χ0v) is 22.2. The lowest BCUT2D eigenvalue weighted by Crippen LogP contribution is -2.28. The highest BCUT2D eigenvalue weighted by Gasteiger charge is 2.38. The number of nitrogens with zero attached hydrogens (tertiary/aromatic N) is 3. The van der Waals surface area contributed by atoms with Crippen LogP contribution in [0.2, 0.25) is 0 Å². The van der Waals surface area contributed by atoms with E-state index in [2.05, 4.69) is 24.0 Å². The second-order valence-corrected chi connectivity index (χ2v) is 9.80. The number of aryl methyl sites for hydroxylation is 2. The fourth-order valence-electron chi connectivity index (χ4n) is 3.99. The topological polar surface area (TPSA) is 122 Å². The molecular weight excluding hydrogens is 472 g/mol. The van der Waals surface area contributed by atoms with E-state index in [4.69, 9.17) is 15.2 Å². The van der Waals surface area contributed by atoms with Gasteiger partial charge in [0.1, 0.15) is 28.5 Å². The van der Waals surface area contributed by atoms with Crippen molar-refractivity contribution in [3.05, 3.63) is 80.6 Å². The molecule has 0 bridgehead atoms. The highest BCUT2D eigenvalue weighted by Crippen LogP contribution is 2.41. The first-order chi connectivity index (χ1) is 17.1. The zero-order valence-electron chi connectivity index (χ0n) is 21.4. The number of carbonyl (C=O) groups is 1. The number of ether oxygens (including phenoxy) is 2. The average molecular weight is 503 g/mol. The molecule has 0 aliphatic carbocycles. The van der Waals surface area contributed by atoms with Gasteiger partial charge >= 0.3 is 5.97 Å². The molecule has 3 rings (SSSR count). The van der Waals surface area contributed by atoms with Gasteiger partial charge in [-0.2, -0.15) is 10.5 Å². The smallest absolute Gasteiger partial charge is 0.338 e. The van der Waals surface area contributed by atoms with Crippen LogP contribution >= 0.6 is 11.8 Å². The van der Waals surface area contributed by atoms with Crippen molar-refractivity contribution in [2.75, 3.05) is 5.75 Å². The maximum absolute atomic E-state index is 13.4. The maximum Gasteiger partial charge on any atom is 0.338 e. The van der Waals surface area contributed by atoms with E-state index in [0.717, 1.165) is 34.4 Å². The van der Waals surface area contributed by atoms with E-state index in [9.17, 15) is 15.3 Å². The number of esters is 1. The lowest BCUT2D eigenvalue weighted by molar-refractivity contribution is -0.143. The summed E-state index contributed by atoms with van der Waals surface area (Å²) in [5, 5.41) is 20.2. The molecule has 0 saturated carbocycles. The van der Waals surface area contributed by atoms with E-state index in [-0.39, 0.29) is 34.6 Å². The van der Waals surface area contributed by atoms with Crippen LogP contribution in [0.4, 0.5) is 0 Å². The number of thioether (sulfide) groups is 1. The molecule has 8 heteroatoms. The fraction of sp³-hybridized carbons (Fsp3) is 0.357. The minimum Gasteiger partial charge on any atom is -0.459 e. The minimum atomic E-state index is -0.735. The Morgan fingerprint density at radius 3 is 2.39 bits per heavy atom. The quantitative estimate of drug-likeness (QED) is 0.402. The third-order valence-corrected chi connectivity index (χ3v) is 7.17. The van der Waals surface area contributed by atoms with E-state index in [1.54, 1.807) is 13.8 Å². The molecule has 2 N–H and O–H groups in total. The van der Waals surface area contributed by atoms with Crippen LogP contribution in [0.1, 0.15) is 60.2 Å². The van der Waals surface area contributed by atoms with Crippen molar-refractivity contribution in [1.82, 2.24) is 4.98 Å². The van der Waals surface area contributed by atoms with Crippen LogP contribution in [-0.2, 0) is 20.7 Å². The Morgan fingerprint density at radius 2 is 1.83 bits per heavy atom. The third-order valence-electron chi connectivity index (χ3n) is 6.20. The SMILES string of the molecule is CCc1ccc([C@@H]2C(C#N)=C(N)OC(CSc3nc(C)c(C)c(C)c3C#N)=C2C(=O)OC(C)C)cc1. The molecule has 2 heterocycles. The van der Waals surface area contributed by atoms with Crippen LogP contribution in [0.25, 0.3) is 0 Å². The fourth-order valence-corrected chi connectivity index (χ4v) is 5.01. The predicted octanol–water partition coefficient (Wildman–Crippen LogP) is 5.25. The first-order valence-corrected chi connectivity index (χ1v) is 12.7. The number of nitriles is 2. The summed E-state index contributed by atoms with van der Waals surface area (Å²) in [5.41, 5.74) is 11.6. The molecule has 0 radical (unpaired) electrons. The third kappa shape index (κ3) is 5.40. The molecule has 2 aromatic rings. The van der Waals surface area contributed by atoms with Crippen molar-refractivity contribution in [2.24, 2.45) is 5.73 Å². The molecule has 0 saturated heterocycles. The van der Waals surface area contributed by atoms with Crippen LogP contribution in [0, 0.1) is 43.4 Å². The van der Waals surface area contributed by atoms with Gasteiger partial charge in [-0.05, 0) is 63.3 Å². The number of hydrogen-bond acceptors (Lipinski definition) is 8. The van der Waals surface area contributed by atoms with Crippen molar-refractivity contribution < 1.29 is 14.3 Å². The molecular formula is C28H30N4O3S. The number of aromatic nitrogens is 1. The van der Waals surface area contributed by atoms with Crippen molar-refractivity contribution in [1.29, 1.82) is 10.5 Å². The van der Waals surface area contributed by atoms with E-state index < -0.39 is 11.9 Å². The minimum absolute atomic E-state index is 0.0523. The molecule has 1 atom stereocenters. The van der Waals surface area contributed by atoms with Gasteiger partial charge in [0.05, 0.1) is 28.9 Å². The van der Waals surface area contributed by atoms with Crippen LogP contribution in [0.15, 0.2) is 52.1 Å². The van der Waals surface area contributed by atoms with Gasteiger partial charge in [-0.3, -0.25) is 0 Å². The lowest BCUT2D eigenvalue weighted by Gasteiger charge is -2.28. The monoisotopic (exact) mass is 502 g/mol. The molecule has 1 aromatic heterocycles. The van der Waals surface area contributed by atoms with Crippen molar-refractivity contribution in [2.45, 2.75) is 65.0 Å². The van der Waals surface area contributed by atoms with Gasteiger partial charge in [0.15, 0.2) is 0 Å². The average Bonchev–Trinajstić information content (AvgIpc) is 2.85. The number of pyridine rings is 1. The summed E-state index contributed by atoms with van der Waals surface area (Å²) in [5.74, 6) is -0.900. The van der Waals surface area contributed by atoms with Crippen LogP contribution in [0.5, 0.6) is 0 Å². The molecule has 0 fully saturated rings. The highest BCUT2D eigenvalue weighted by atomic mass is 32.2. The number of carbonyl (C=O) groups excluding carboxylic acids is 1. The van der Waals surface area contributed by atoms with E-state index in [1.165, 1.54) is 11.8 Å². The van der Waals surface area contributed by atoms with E-state index >= 15 is 0 Å². The van der Waals surface area contributed by atoms with Crippen molar-refractivity contribution in [3.63, 3.8) is 0 Å². The molecule has 36 heavy (non-hydrogen) atoms. The molecule has 1 aliphatic rings. The second-order valence-electron chi connectivity index (χ2n) is 8.84. The zero-order chi connectivity index (χ0) is 26.6. The van der Waals surface area contributed by atoms with Crippen molar-refractivity contribution in [3.8, 4) is 12.1 Å².